The van der Waals surface area contributed by atoms with Gasteiger partial charge in [-0.1, -0.05) is 6.92 Å². The van der Waals surface area contributed by atoms with Gasteiger partial charge in [0.2, 0.25) is 0 Å². The molecule has 17 heavy (non-hydrogen) atoms. The van der Waals surface area contributed by atoms with Gasteiger partial charge in [0.15, 0.2) is 0 Å². The van der Waals surface area contributed by atoms with Crippen molar-refractivity contribution in [3.63, 3.8) is 0 Å². The number of hydrogen-bond donors (Lipinski definition) is 1. The van der Waals surface area contributed by atoms with Crippen molar-refractivity contribution in [2.75, 3.05) is 25.6 Å². The highest BCUT2D eigenvalue weighted by Crippen LogP contribution is 1.91. The van der Waals surface area contributed by atoms with Crippen LogP contribution in [0.2, 0.25) is 0 Å². The summed E-state index contributed by atoms with van der Waals surface area (Å²) < 4.78 is 43.1. The Balaban J connectivity index is 0. The molecule has 0 saturated heterocycles. The smallest absolute Gasteiger partial charge is 0.371 e. The molecule has 0 fully saturated rings. The van der Waals surface area contributed by atoms with E-state index in [1.54, 1.807) is 6.92 Å². The van der Waals surface area contributed by atoms with Crippen LogP contribution in [0.4, 0.5) is 0 Å². The van der Waals surface area contributed by atoms with Crippen molar-refractivity contribution in [1.29, 1.82) is 0 Å². The Morgan fingerprint density at radius 3 is 1.41 bits per heavy atom. The molecule has 0 saturated carbocycles. The Kier molecular flexibility index (Phi) is 14.2. The fourth-order valence-corrected chi connectivity index (χ4v) is 2.21. The molecule has 0 aromatic heterocycles. The van der Waals surface area contributed by atoms with E-state index in [2.05, 4.69) is 0 Å². The highest BCUT2D eigenvalue weighted by molar-refractivity contribution is 7.85. The van der Waals surface area contributed by atoms with E-state index in [0.717, 1.165) is 0 Å². The minimum atomic E-state index is -3.67. The summed E-state index contributed by atoms with van der Waals surface area (Å²) >= 11 is 0. The zero-order valence-corrected chi connectivity index (χ0v) is 12.7. The minimum Gasteiger partial charge on any atom is -0.371 e. The van der Waals surface area contributed by atoms with Gasteiger partial charge in [0, 0.05) is 19.8 Å². The van der Waals surface area contributed by atoms with Crippen molar-refractivity contribution in [3.05, 3.63) is 0 Å². The molecule has 0 bridgehead atoms. The van der Waals surface area contributed by atoms with Gasteiger partial charge >= 0.3 is 9.53 Å². The van der Waals surface area contributed by atoms with Gasteiger partial charge in [0.1, 0.15) is 0 Å². The third-order valence-corrected chi connectivity index (χ3v) is 3.75. The monoisotopic (exact) mass is 287 g/mol. The van der Waals surface area contributed by atoms with Crippen LogP contribution in [-0.4, -0.2) is 48.1 Å². The summed E-state index contributed by atoms with van der Waals surface area (Å²) in [6, 6.07) is 0. The maximum Gasteiger partial charge on any atom is 0.577 e. The SMILES string of the molecule is CCCS(=O)(=O)O.CCO[Si](OCC)OCC. The van der Waals surface area contributed by atoms with E-state index in [-0.39, 0.29) is 5.75 Å². The molecule has 8 heteroatoms. The lowest BCUT2D eigenvalue weighted by atomic mass is 10.6. The summed E-state index contributed by atoms with van der Waals surface area (Å²) in [6.45, 7) is 9.47. The molecule has 0 unspecified atom stereocenters. The van der Waals surface area contributed by atoms with Gasteiger partial charge in [-0.2, -0.15) is 8.42 Å². The third kappa shape index (κ3) is 18.6. The second-order valence-corrected chi connectivity index (χ2v) is 5.77. The molecule has 0 aromatic rings. The summed E-state index contributed by atoms with van der Waals surface area (Å²) in [4.78, 5) is 0. The first-order valence-corrected chi connectivity index (χ1v) is 8.45. The van der Waals surface area contributed by atoms with Crippen LogP contribution in [-0.2, 0) is 23.4 Å². The second kappa shape index (κ2) is 12.5. The Morgan fingerprint density at radius 2 is 1.29 bits per heavy atom. The van der Waals surface area contributed by atoms with Crippen LogP contribution in [0.1, 0.15) is 34.1 Å². The summed E-state index contributed by atoms with van der Waals surface area (Å²) in [5.74, 6) is -0.132. The quantitative estimate of drug-likeness (QED) is 0.536. The number of rotatable bonds is 8. The van der Waals surface area contributed by atoms with Gasteiger partial charge in [-0.15, -0.1) is 0 Å². The molecule has 0 aliphatic heterocycles. The molecule has 105 valence electrons. The van der Waals surface area contributed by atoms with Gasteiger partial charge in [0.05, 0.1) is 5.75 Å². The van der Waals surface area contributed by atoms with Crippen LogP contribution in [0.5, 0.6) is 0 Å². The van der Waals surface area contributed by atoms with E-state index < -0.39 is 19.6 Å². The van der Waals surface area contributed by atoms with Crippen LogP contribution in [0.25, 0.3) is 0 Å². The Hall–Kier alpha value is 0.00688. The second-order valence-electron chi connectivity index (χ2n) is 2.84. The van der Waals surface area contributed by atoms with Crippen LogP contribution in [0, 0.1) is 0 Å². The minimum absolute atomic E-state index is 0.132. The largest absolute Gasteiger partial charge is 0.577 e. The van der Waals surface area contributed by atoms with E-state index >= 15 is 0 Å². The molecule has 0 heterocycles. The van der Waals surface area contributed by atoms with Crippen molar-refractivity contribution >= 4 is 19.6 Å². The van der Waals surface area contributed by atoms with Gasteiger partial charge in [0.25, 0.3) is 10.1 Å². The lowest BCUT2D eigenvalue weighted by Gasteiger charge is -2.10. The zero-order valence-electron chi connectivity index (χ0n) is 10.9. The maximum atomic E-state index is 9.79. The van der Waals surface area contributed by atoms with Crippen molar-refractivity contribution in [2.24, 2.45) is 0 Å². The molecule has 0 spiro atoms. The average Bonchev–Trinajstić information content (AvgIpc) is 2.18. The maximum absolute atomic E-state index is 9.79. The molecule has 6 nitrogen and oxygen atoms in total. The van der Waals surface area contributed by atoms with Gasteiger partial charge in [-0.3, -0.25) is 4.55 Å². The standard InChI is InChI=1S/C6H15O3Si.C3H8O3S/c1-4-7-10(8-5-2)9-6-3;1-2-3-7(4,5)6/h4-6H2,1-3H3;2-3H2,1H3,(H,4,5,6). The van der Waals surface area contributed by atoms with Crippen molar-refractivity contribution in [1.82, 2.24) is 0 Å². The van der Waals surface area contributed by atoms with Crippen LogP contribution in [0.3, 0.4) is 0 Å². The normalized spacial score (nSPS) is 11.2. The summed E-state index contributed by atoms with van der Waals surface area (Å²) in [5.41, 5.74) is 0. The fraction of sp³-hybridized carbons (Fsp3) is 1.00. The predicted molar refractivity (Wildman–Crippen MR) is 67.3 cm³/mol. The van der Waals surface area contributed by atoms with E-state index in [1.807, 2.05) is 20.8 Å². The molecule has 0 atom stereocenters. The first kappa shape index (κ1) is 19.3. The van der Waals surface area contributed by atoms with Crippen LogP contribution in [0.15, 0.2) is 0 Å². The molecule has 0 rings (SSSR count). The predicted octanol–water partition coefficient (Wildman–Crippen LogP) is 1.36. The lowest BCUT2D eigenvalue weighted by Crippen LogP contribution is -2.27. The van der Waals surface area contributed by atoms with Crippen molar-refractivity contribution in [2.45, 2.75) is 34.1 Å². The zero-order chi connectivity index (χ0) is 13.7. The first-order chi connectivity index (χ1) is 7.91. The first-order valence-electron chi connectivity index (χ1n) is 5.61. The molecule has 0 aromatic carbocycles. The van der Waals surface area contributed by atoms with Gasteiger partial charge < -0.3 is 13.3 Å². The number of hydrogen-bond acceptors (Lipinski definition) is 5. The average molecular weight is 287 g/mol. The topological polar surface area (TPSA) is 82.1 Å². The lowest BCUT2D eigenvalue weighted by molar-refractivity contribution is 0.107. The summed E-state index contributed by atoms with van der Waals surface area (Å²) in [5, 5.41) is 0. The molecule has 0 amide bonds. The summed E-state index contributed by atoms with van der Waals surface area (Å²) in [6.07, 6.45) is 0.471. The highest BCUT2D eigenvalue weighted by Gasteiger charge is 2.15. The molecular formula is C9H23O6SSi. The molecule has 1 radical (unpaired) electrons. The van der Waals surface area contributed by atoms with Crippen molar-refractivity contribution < 1.29 is 26.2 Å². The van der Waals surface area contributed by atoms with E-state index in [1.165, 1.54) is 0 Å². The summed E-state index contributed by atoms with van der Waals surface area (Å²) in [7, 11) is -5.07. The Bertz CT molecular complexity index is 230. The molecular weight excluding hydrogens is 264 g/mol. The van der Waals surface area contributed by atoms with Gasteiger partial charge in [-0.25, -0.2) is 0 Å². The van der Waals surface area contributed by atoms with Gasteiger partial charge in [-0.05, 0) is 27.2 Å². The van der Waals surface area contributed by atoms with Crippen molar-refractivity contribution in [3.8, 4) is 0 Å². The van der Waals surface area contributed by atoms with Crippen LogP contribution >= 0.6 is 0 Å². The Labute approximate surface area is 106 Å². The van der Waals surface area contributed by atoms with E-state index in [4.69, 9.17) is 17.8 Å². The fourth-order valence-electron chi connectivity index (χ4n) is 0.737. The van der Waals surface area contributed by atoms with E-state index in [0.29, 0.717) is 26.2 Å². The molecule has 1 N–H and O–H groups in total. The molecule has 0 aliphatic rings. The third-order valence-electron chi connectivity index (χ3n) is 1.25. The van der Waals surface area contributed by atoms with Crippen LogP contribution < -0.4 is 0 Å². The Morgan fingerprint density at radius 1 is 0.941 bits per heavy atom. The highest BCUT2D eigenvalue weighted by atomic mass is 32.2. The van der Waals surface area contributed by atoms with E-state index in [9.17, 15) is 8.42 Å². The molecule has 0 aliphatic carbocycles.